The minimum Gasteiger partial charge on any atom is -0.312 e. The number of amides is 2. The molecule has 6 heteroatoms. The molecule has 0 spiro atoms. The molecule has 1 aliphatic rings. The van der Waals surface area contributed by atoms with Crippen molar-refractivity contribution in [3.05, 3.63) is 94.3 Å². The number of benzene rings is 3. The van der Waals surface area contributed by atoms with Crippen LogP contribution in [0.1, 0.15) is 47.7 Å². The monoisotopic (exact) mass is 464 g/mol. The van der Waals surface area contributed by atoms with Crippen molar-refractivity contribution in [2.45, 2.75) is 32.6 Å². The molecule has 0 aromatic heterocycles. The fraction of sp³-hybridized carbons (Fsp3) is 0.259. The summed E-state index contributed by atoms with van der Waals surface area (Å²) in [6, 6.07) is 19.3. The second-order valence-electron chi connectivity index (χ2n) is 8.08. The fourth-order valence-corrected chi connectivity index (χ4v) is 4.55. The molecule has 3 aromatic carbocycles. The highest BCUT2D eigenvalue weighted by Crippen LogP contribution is 2.38. The molecule has 0 radical (unpaired) electrons. The number of aryl methyl sites for hydroxylation is 1. The van der Waals surface area contributed by atoms with E-state index in [1.165, 1.54) is 6.07 Å². The van der Waals surface area contributed by atoms with E-state index >= 15 is 0 Å². The Labute approximate surface area is 198 Å². The summed E-state index contributed by atoms with van der Waals surface area (Å²) in [5, 5.41) is 0.614. The van der Waals surface area contributed by atoms with Gasteiger partial charge in [0.15, 0.2) is 0 Å². The van der Waals surface area contributed by atoms with Gasteiger partial charge >= 0.3 is 0 Å². The predicted octanol–water partition coefficient (Wildman–Crippen LogP) is 6.23. The SMILES string of the molecule is CCc1ccc(C(=O)N2CC[C@H](C(=O)N(CC)c3ccc(Cl)cc3)c3ccccc32)cc1F. The van der Waals surface area contributed by atoms with E-state index in [0.29, 0.717) is 47.8 Å². The zero-order valence-electron chi connectivity index (χ0n) is 18.7. The number of carbonyl (C=O) groups is 2. The largest absolute Gasteiger partial charge is 0.312 e. The Morgan fingerprint density at radius 2 is 1.79 bits per heavy atom. The van der Waals surface area contributed by atoms with Crippen LogP contribution in [-0.4, -0.2) is 24.9 Å². The number of fused-ring (bicyclic) bond motifs is 1. The molecule has 0 saturated heterocycles. The highest BCUT2D eigenvalue weighted by molar-refractivity contribution is 6.30. The molecule has 33 heavy (non-hydrogen) atoms. The van der Waals surface area contributed by atoms with Crippen LogP contribution in [0.3, 0.4) is 0 Å². The molecule has 170 valence electrons. The Morgan fingerprint density at radius 1 is 1.06 bits per heavy atom. The molecule has 1 heterocycles. The lowest BCUT2D eigenvalue weighted by atomic mass is 9.88. The lowest BCUT2D eigenvalue weighted by molar-refractivity contribution is -0.120. The summed E-state index contributed by atoms with van der Waals surface area (Å²) in [7, 11) is 0. The van der Waals surface area contributed by atoms with Gasteiger partial charge in [0.2, 0.25) is 5.91 Å². The highest BCUT2D eigenvalue weighted by Gasteiger charge is 2.35. The number of likely N-dealkylation sites (N-methyl/N-ethyl adjacent to an activating group) is 1. The lowest BCUT2D eigenvalue weighted by Gasteiger charge is -2.36. The van der Waals surface area contributed by atoms with E-state index in [0.717, 1.165) is 11.3 Å². The van der Waals surface area contributed by atoms with Gasteiger partial charge in [-0.25, -0.2) is 4.39 Å². The van der Waals surface area contributed by atoms with Crippen LogP contribution in [0.2, 0.25) is 5.02 Å². The van der Waals surface area contributed by atoms with Crippen LogP contribution in [0, 0.1) is 5.82 Å². The van der Waals surface area contributed by atoms with Crippen molar-refractivity contribution >= 4 is 34.8 Å². The van der Waals surface area contributed by atoms with Crippen molar-refractivity contribution in [3.63, 3.8) is 0 Å². The van der Waals surface area contributed by atoms with Crippen molar-refractivity contribution in [1.29, 1.82) is 0 Å². The molecule has 0 aliphatic carbocycles. The maximum atomic E-state index is 14.3. The molecule has 2 amide bonds. The van der Waals surface area contributed by atoms with Crippen LogP contribution >= 0.6 is 11.6 Å². The first-order valence-electron chi connectivity index (χ1n) is 11.2. The van der Waals surface area contributed by atoms with Gasteiger partial charge in [0.05, 0.1) is 5.92 Å². The van der Waals surface area contributed by atoms with E-state index in [4.69, 9.17) is 11.6 Å². The number of hydrogen-bond acceptors (Lipinski definition) is 2. The number of para-hydroxylation sites is 1. The Balaban J connectivity index is 1.64. The minimum absolute atomic E-state index is 0.0160. The molecule has 1 aliphatic heterocycles. The standard InChI is InChI=1S/C27H26ClFN2O2/c1-3-18-9-10-19(17-24(18)29)26(32)31-16-15-23(22-7-5-6-8-25(22)31)27(33)30(4-2)21-13-11-20(28)12-14-21/h5-14,17,23H,3-4,15-16H2,1-2H3/t23-/m0/s1. The average molecular weight is 465 g/mol. The Bertz CT molecular complexity index is 1180. The number of nitrogens with zero attached hydrogens (tertiary/aromatic N) is 2. The molecule has 0 bridgehead atoms. The molecule has 0 N–H and O–H groups in total. The lowest BCUT2D eigenvalue weighted by Crippen LogP contribution is -2.42. The second kappa shape index (κ2) is 9.75. The first-order valence-corrected chi connectivity index (χ1v) is 11.6. The van der Waals surface area contributed by atoms with Crippen molar-refractivity contribution in [1.82, 2.24) is 0 Å². The number of halogens is 2. The number of hydrogen-bond donors (Lipinski definition) is 0. The Morgan fingerprint density at radius 3 is 2.45 bits per heavy atom. The Hall–Kier alpha value is -3.18. The summed E-state index contributed by atoms with van der Waals surface area (Å²) >= 11 is 6.01. The molecule has 1 atom stereocenters. The molecular formula is C27H26ClFN2O2. The molecule has 0 unspecified atom stereocenters. The van der Waals surface area contributed by atoms with Crippen molar-refractivity contribution < 1.29 is 14.0 Å². The van der Waals surface area contributed by atoms with Crippen molar-refractivity contribution in [2.24, 2.45) is 0 Å². The average Bonchev–Trinajstić information content (AvgIpc) is 2.84. The Kier molecular flexibility index (Phi) is 6.80. The molecular weight excluding hydrogens is 439 g/mol. The number of rotatable bonds is 5. The second-order valence-corrected chi connectivity index (χ2v) is 8.51. The topological polar surface area (TPSA) is 40.6 Å². The number of anilines is 2. The van der Waals surface area contributed by atoms with E-state index in [-0.39, 0.29) is 23.5 Å². The summed E-state index contributed by atoms with van der Waals surface area (Å²) in [4.78, 5) is 30.3. The van der Waals surface area contributed by atoms with Gasteiger partial charge < -0.3 is 9.80 Å². The zero-order valence-corrected chi connectivity index (χ0v) is 19.5. The molecule has 4 rings (SSSR count). The summed E-state index contributed by atoms with van der Waals surface area (Å²) in [6.45, 7) is 4.71. The van der Waals surface area contributed by atoms with Gasteiger partial charge in [-0.05, 0) is 73.4 Å². The fourth-order valence-electron chi connectivity index (χ4n) is 4.43. The van der Waals surface area contributed by atoms with Gasteiger partial charge in [-0.2, -0.15) is 0 Å². The van der Waals surface area contributed by atoms with E-state index < -0.39 is 0 Å². The summed E-state index contributed by atoms with van der Waals surface area (Å²) < 4.78 is 14.3. The predicted molar refractivity (Wildman–Crippen MR) is 131 cm³/mol. The van der Waals surface area contributed by atoms with Crippen LogP contribution in [0.15, 0.2) is 66.7 Å². The zero-order chi connectivity index (χ0) is 23.5. The van der Waals surface area contributed by atoms with E-state index in [1.807, 2.05) is 50.2 Å². The van der Waals surface area contributed by atoms with Gasteiger partial charge in [-0.15, -0.1) is 0 Å². The summed E-state index contributed by atoms with van der Waals surface area (Å²) in [5.74, 6) is -1.03. The third-order valence-corrected chi connectivity index (χ3v) is 6.44. The van der Waals surface area contributed by atoms with Crippen LogP contribution in [0.25, 0.3) is 0 Å². The maximum Gasteiger partial charge on any atom is 0.258 e. The molecule has 0 saturated carbocycles. The summed E-state index contributed by atoms with van der Waals surface area (Å²) in [6.07, 6.45) is 1.05. The van der Waals surface area contributed by atoms with E-state index in [1.54, 1.807) is 34.1 Å². The highest BCUT2D eigenvalue weighted by atomic mass is 35.5. The van der Waals surface area contributed by atoms with Crippen molar-refractivity contribution in [2.75, 3.05) is 22.9 Å². The van der Waals surface area contributed by atoms with Crippen LogP contribution < -0.4 is 9.80 Å². The number of carbonyl (C=O) groups excluding carboxylic acids is 2. The third kappa shape index (κ3) is 4.51. The molecule has 3 aromatic rings. The van der Waals surface area contributed by atoms with Crippen LogP contribution in [0.5, 0.6) is 0 Å². The van der Waals surface area contributed by atoms with Gasteiger partial charge in [0.1, 0.15) is 5.82 Å². The quantitative estimate of drug-likeness (QED) is 0.449. The van der Waals surface area contributed by atoms with Gasteiger partial charge in [-0.3, -0.25) is 9.59 Å². The third-order valence-electron chi connectivity index (χ3n) is 6.19. The van der Waals surface area contributed by atoms with Crippen LogP contribution in [-0.2, 0) is 11.2 Å². The minimum atomic E-state index is -0.375. The molecule has 0 fully saturated rings. The molecule has 4 nitrogen and oxygen atoms in total. The van der Waals surface area contributed by atoms with Gasteiger partial charge in [0.25, 0.3) is 5.91 Å². The summed E-state index contributed by atoms with van der Waals surface area (Å²) in [5.41, 5.74) is 3.17. The first kappa shape index (κ1) is 23.0. The van der Waals surface area contributed by atoms with E-state index in [9.17, 15) is 14.0 Å². The normalized spacial score (nSPS) is 15.2. The maximum absolute atomic E-state index is 14.3. The van der Waals surface area contributed by atoms with Gasteiger partial charge in [0, 0.05) is 35.1 Å². The first-order chi connectivity index (χ1) is 15.9. The van der Waals surface area contributed by atoms with Crippen LogP contribution in [0.4, 0.5) is 15.8 Å². The van der Waals surface area contributed by atoms with Crippen molar-refractivity contribution in [3.8, 4) is 0 Å². The van der Waals surface area contributed by atoms with E-state index in [2.05, 4.69) is 0 Å². The smallest absolute Gasteiger partial charge is 0.258 e. The van der Waals surface area contributed by atoms with Gasteiger partial charge in [-0.1, -0.05) is 42.8 Å².